The summed E-state index contributed by atoms with van der Waals surface area (Å²) in [4.78, 5) is 13.8. The molecule has 5 heteroatoms. The van der Waals surface area contributed by atoms with Gasteiger partial charge in [-0.3, -0.25) is 15.1 Å². The topological polar surface area (TPSA) is 67.6 Å². The maximum Gasteiger partial charge on any atom is 0.253 e. The number of nitrogens with one attached hydrogen (secondary N) is 1. The smallest absolute Gasteiger partial charge is 0.253 e. The fourth-order valence-electron chi connectivity index (χ4n) is 2.66. The maximum atomic E-state index is 11.7. The summed E-state index contributed by atoms with van der Waals surface area (Å²) in [6.07, 6.45) is 4.83. The van der Waals surface area contributed by atoms with Crippen molar-refractivity contribution in [3.63, 3.8) is 0 Å². The first-order valence-electron chi connectivity index (χ1n) is 6.31. The summed E-state index contributed by atoms with van der Waals surface area (Å²) in [7, 11) is 3.59. The van der Waals surface area contributed by atoms with Gasteiger partial charge in [-0.2, -0.15) is 0 Å². The molecule has 5 nitrogen and oxygen atoms in total. The first-order valence-corrected chi connectivity index (χ1v) is 6.31. The van der Waals surface area contributed by atoms with Crippen molar-refractivity contribution in [1.82, 2.24) is 10.3 Å². The summed E-state index contributed by atoms with van der Waals surface area (Å²) >= 11 is 0. The Hall–Kier alpha value is -0.650. The predicted octanol–water partition coefficient (Wildman–Crippen LogP) is 0.502. The van der Waals surface area contributed by atoms with Crippen molar-refractivity contribution < 1.29 is 9.53 Å². The summed E-state index contributed by atoms with van der Waals surface area (Å²) < 4.78 is 5.11. The fraction of sp³-hybridized carbons (Fsp3) is 0.917. The van der Waals surface area contributed by atoms with Crippen molar-refractivity contribution >= 4 is 5.91 Å². The average molecular weight is 243 g/mol. The standard InChI is InChI=1S/C12H25N3O2/c1-9-5-4-6-10(7-9)15(2)11(8-17-3)12(16)14-13/h9-11H,4-8,13H2,1-3H3,(H,14,16). The zero-order valence-electron chi connectivity index (χ0n) is 11.1. The van der Waals surface area contributed by atoms with Crippen LogP contribution in [0.3, 0.4) is 0 Å². The van der Waals surface area contributed by atoms with Gasteiger partial charge in [0.2, 0.25) is 0 Å². The Morgan fingerprint density at radius 2 is 2.29 bits per heavy atom. The summed E-state index contributed by atoms with van der Waals surface area (Å²) in [5.74, 6) is 5.78. The highest BCUT2D eigenvalue weighted by Gasteiger charge is 2.30. The highest BCUT2D eigenvalue weighted by atomic mass is 16.5. The summed E-state index contributed by atoms with van der Waals surface area (Å²) in [5, 5.41) is 0. The van der Waals surface area contributed by atoms with Crippen molar-refractivity contribution in [2.45, 2.75) is 44.7 Å². The molecular formula is C12H25N3O2. The first kappa shape index (κ1) is 14.4. The zero-order valence-corrected chi connectivity index (χ0v) is 11.1. The van der Waals surface area contributed by atoms with Crippen molar-refractivity contribution in [2.24, 2.45) is 11.8 Å². The summed E-state index contributed by atoms with van der Waals surface area (Å²) in [6.45, 7) is 2.65. The molecule has 1 aliphatic rings. The molecule has 0 radical (unpaired) electrons. The molecule has 1 rings (SSSR count). The number of nitrogens with two attached hydrogens (primary N) is 1. The van der Waals surface area contributed by atoms with E-state index in [0.29, 0.717) is 12.6 Å². The van der Waals surface area contributed by atoms with E-state index in [1.807, 2.05) is 7.05 Å². The Balaban J connectivity index is 2.62. The van der Waals surface area contributed by atoms with Gasteiger partial charge in [-0.15, -0.1) is 0 Å². The highest BCUT2D eigenvalue weighted by Crippen LogP contribution is 2.27. The molecule has 0 bridgehead atoms. The molecule has 0 spiro atoms. The maximum absolute atomic E-state index is 11.7. The predicted molar refractivity (Wildman–Crippen MR) is 67.2 cm³/mol. The number of hydrazine groups is 1. The van der Waals surface area contributed by atoms with Gasteiger partial charge >= 0.3 is 0 Å². The van der Waals surface area contributed by atoms with Crippen LogP contribution in [0.4, 0.5) is 0 Å². The van der Waals surface area contributed by atoms with E-state index >= 15 is 0 Å². The van der Waals surface area contributed by atoms with Gasteiger partial charge in [0.25, 0.3) is 5.91 Å². The molecule has 3 unspecified atom stereocenters. The van der Waals surface area contributed by atoms with E-state index < -0.39 is 0 Å². The number of hydrogen-bond donors (Lipinski definition) is 2. The SMILES string of the molecule is COCC(C(=O)NN)N(C)C1CCCC(C)C1. The van der Waals surface area contributed by atoms with E-state index in [0.717, 1.165) is 18.8 Å². The van der Waals surface area contributed by atoms with Crippen LogP contribution in [0.25, 0.3) is 0 Å². The van der Waals surface area contributed by atoms with Crippen LogP contribution >= 0.6 is 0 Å². The van der Waals surface area contributed by atoms with E-state index in [4.69, 9.17) is 10.6 Å². The molecule has 0 aromatic carbocycles. The third-order valence-electron chi connectivity index (χ3n) is 3.75. The number of likely N-dealkylation sites (N-methyl/N-ethyl adjacent to an activating group) is 1. The second-order valence-corrected chi connectivity index (χ2v) is 5.07. The normalized spacial score (nSPS) is 26.9. The molecule has 100 valence electrons. The number of nitrogens with zero attached hydrogens (tertiary/aromatic N) is 1. The lowest BCUT2D eigenvalue weighted by Gasteiger charge is -2.37. The Bertz CT molecular complexity index is 248. The van der Waals surface area contributed by atoms with Crippen molar-refractivity contribution in [1.29, 1.82) is 0 Å². The summed E-state index contributed by atoms with van der Waals surface area (Å²) in [6, 6.07) is 0.163. The van der Waals surface area contributed by atoms with Crippen LogP contribution in [0.1, 0.15) is 32.6 Å². The number of hydrogen-bond acceptors (Lipinski definition) is 4. The van der Waals surface area contributed by atoms with E-state index in [9.17, 15) is 4.79 Å². The van der Waals surface area contributed by atoms with Crippen LogP contribution in [0.15, 0.2) is 0 Å². The van der Waals surface area contributed by atoms with Crippen LogP contribution < -0.4 is 11.3 Å². The lowest BCUT2D eigenvalue weighted by Crippen LogP contribution is -2.53. The molecule has 0 aliphatic heterocycles. The van der Waals surface area contributed by atoms with Crippen LogP contribution in [0, 0.1) is 5.92 Å². The molecular weight excluding hydrogens is 218 g/mol. The number of carbonyl (C=O) groups excluding carboxylic acids is 1. The third kappa shape index (κ3) is 3.94. The van der Waals surface area contributed by atoms with E-state index in [1.54, 1.807) is 7.11 Å². The Morgan fingerprint density at radius 1 is 1.59 bits per heavy atom. The average Bonchev–Trinajstić information content (AvgIpc) is 2.34. The monoisotopic (exact) mass is 243 g/mol. The number of carbonyl (C=O) groups is 1. The first-order chi connectivity index (χ1) is 8.10. The molecule has 17 heavy (non-hydrogen) atoms. The van der Waals surface area contributed by atoms with Gasteiger partial charge in [0.05, 0.1) is 6.61 Å². The minimum atomic E-state index is -0.291. The molecule has 1 aliphatic carbocycles. The number of amides is 1. The van der Waals surface area contributed by atoms with Crippen LogP contribution in [-0.2, 0) is 9.53 Å². The molecule has 0 aromatic rings. The largest absolute Gasteiger partial charge is 0.383 e. The van der Waals surface area contributed by atoms with Gasteiger partial charge in [0.1, 0.15) is 6.04 Å². The fourth-order valence-corrected chi connectivity index (χ4v) is 2.66. The second-order valence-electron chi connectivity index (χ2n) is 5.07. The van der Waals surface area contributed by atoms with Gasteiger partial charge in [0.15, 0.2) is 0 Å². The van der Waals surface area contributed by atoms with Crippen LogP contribution in [0.5, 0.6) is 0 Å². The van der Waals surface area contributed by atoms with Crippen LogP contribution in [0.2, 0.25) is 0 Å². The quantitative estimate of drug-likeness (QED) is 0.419. The van der Waals surface area contributed by atoms with Gasteiger partial charge in [0, 0.05) is 13.2 Å². The minimum absolute atomic E-state index is 0.174. The van der Waals surface area contributed by atoms with Gasteiger partial charge in [-0.25, -0.2) is 5.84 Å². The molecule has 3 N–H and O–H groups in total. The zero-order chi connectivity index (χ0) is 12.8. The lowest BCUT2D eigenvalue weighted by molar-refractivity contribution is -0.129. The lowest BCUT2D eigenvalue weighted by atomic mass is 9.86. The van der Waals surface area contributed by atoms with Gasteiger partial charge in [-0.1, -0.05) is 19.8 Å². The Labute approximate surface area is 104 Å². The van der Waals surface area contributed by atoms with E-state index in [-0.39, 0.29) is 11.9 Å². The molecule has 1 fully saturated rings. The van der Waals surface area contributed by atoms with E-state index in [1.165, 1.54) is 12.8 Å². The summed E-state index contributed by atoms with van der Waals surface area (Å²) in [5.41, 5.74) is 2.22. The van der Waals surface area contributed by atoms with Gasteiger partial charge in [-0.05, 0) is 25.8 Å². The molecule has 0 heterocycles. The van der Waals surface area contributed by atoms with Crippen molar-refractivity contribution in [3.05, 3.63) is 0 Å². The van der Waals surface area contributed by atoms with Crippen molar-refractivity contribution in [2.75, 3.05) is 20.8 Å². The Kier molecular flexibility index (Phi) is 5.88. The molecule has 0 aromatic heterocycles. The number of ether oxygens (including phenoxy) is 1. The molecule has 0 saturated heterocycles. The van der Waals surface area contributed by atoms with Crippen molar-refractivity contribution in [3.8, 4) is 0 Å². The number of rotatable bonds is 5. The Morgan fingerprint density at radius 3 is 2.82 bits per heavy atom. The molecule has 1 saturated carbocycles. The van der Waals surface area contributed by atoms with Gasteiger partial charge < -0.3 is 4.74 Å². The minimum Gasteiger partial charge on any atom is -0.383 e. The molecule has 1 amide bonds. The van der Waals surface area contributed by atoms with Crippen LogP contribution in [-0.4, -0.2) is 43.7 Å². The molecule has 3 atom stereocenters. The third-order valence-corrected chi connectivity index (χ3v) is 3.75. The number of methoxy groups -OCH3 is 1. The highest BCUT2D eigenvalue weighted by molar-refractivity contribution is 5.81. The van der Waals surface area contributed by atoms with E-state index in [2.05, 4.69) is 17.2 Å². The second kappa shape index (κ2) is 6.93.